The van der Waals surface area contributed by atoms with E-state index in [4.69, 9.17) is 4.74 Å². The molecule has 38 heavy (non-hydrogen) atoms. The molecule has 2 amide bonds. The molecule has 1 aliphatic rings. The Hall–Kier alpha value is -4.46. The monoisotopic (exact) mass is 516 g/mol. The number of hydrogen-bond acceptors (Lipinski definition) is 5. The van der Waals surface area contributed by atoms with Crippen LogP contribution in [0.4, 0.5) is 15.8 Å². The van der Waals surface area contributed by atoms with Crippen molar-refractivity contribution in [2.75, 3.05) is 17.3 Å². The average molecular weight is 517 g/mol. The highest BCUT2D eigenvalue weighted by Crippen LogP contribution is 2.44. The third-order valence-corrected chi connectivity index (χ3v) is 6.40. The van der Waals surface area contributed by atoms with Gasteiger partial charge in [0.1, 0.15) is 17.3 Å². The number of anilines is 2. The van der Waals surface area contributed by atoms with E-state index in [1.165, 1.54) is 31.1 Å². The van der Waals surface area contributed by atoms with E-state index in [9.17, 15) is 23.9 Å². The summed E-state index contributed by atoms with van der Waals surface area (Å²) in [5.74, 6) is -3.14. The summed E-state index contributed by atoms with van der Waals surface area (Å²) in [4.78, 5) is 39.8. The molecular weight excluding hydrogens is 487 g/mol. The van der Waals surface area contributed by atoms with E-state index in [-0.39, 0.29) is 28.2 Å². The van der Waals surface area contributed by atoms with Gasteiger partial charge < -0.3 is 15.2 Å². The summed E-state index contributed by atoms with van der Waals surface area (Å²) in [6.45, 7) is 7.57. The van der Waals surface area contributed by atoms with Crippen LogP contribution in [0.3, 0.4) is 0 Å². The number of methoxy groups -OCH3 is 1. The molecule has 1 aliphatic heterocycles. The Labute approximate surface area is 220 Å². The van der Waals surface area contributed by atoms with Gasteiger partial charge in [-0.2, -0.15) is 0 Å². The van der Waals surface area contributed by atoms with E-state index in [1.807, 2.05) is 12.1 Å². The van der Waals surface area contributed by atoms with Crippen LogP contribution in [0.25, 0.3) is 5.76 Å². The molecule has 0 aliphatic carbocycles. The number of ketones is 1. The summed E-state index contributed by atoms with van der Waals surface area (Å²) in [5, 5.41) is 14.0. The van der Waals surface area contributed by atoms with Gasteiger partial charge in [-0.25, -0.2) is 4.39 Å². The second kappa shape index (κ2) is 10.1. The molecule has 0 spiro atoms. The number of rotatable bonds is 5. The standard InChI is InChI=1S/C30H29FN2O5/c1-17(34)32-21-7-6-8-22(16-21)33-26(18-9-11-19(12-10-18)30(2,3)4)25(28(36)29(33)37)27(35)23-15-20(31)13-14-24(23)38-5/h6-16,26,35H,1-5H3,(H,32,34)/b27-25+. The Morgan fingerprint density at radius 2 is 1.71 bits per heavy atom. The number of aliphatic hydroxyl groups excluding tert-OH is 1. The lowest BCUT2D eigenvalue weighted by molar-refractivity contribution is -0.132. The predicted octanol–water partition coefficient (Wildman–Crippen LogP) is 5.72. The molecule has 0 radical (unpaired) electrons. The smallest absolute Gasteiger partial charge is 0.300 e. The fraction of sp³-hybridized carbons (Fsp3) is 0.233. The molecular formula is C30H29FN2O5. The number of carbonyl (C=O) groups excluding carboxylic acids is 3. The van der Waals surface area contributed by atoms with Crippen molar-refractivity contribution in [1.82, 2.24) is 0 Å². The third kappa shape index (κ3) is 5.02. The zero-order valence-electron chi connectivity index (χ0n) is 21.8. The molecule has 4 rings (SSSR count). The van der Waals surface area contributed by atoms with Crippen LogP contribution < -0.4 is 15.0 Å². The summed E-state index contributed by atoms with van der Waals surface area (Å²) in [7, 11) is 1.36. The van der Waals surface area contributed by atoms with Gasteiger partial charge in [0.15, 0.2) is 0 Å². The van der Waals surface area contributed by atoms with Gasteiger partial charge in [-0.3, -0.25) is 19.3 Å². The topological polar surface area (TPSA) is 95.9 Å². The normalized spacial score (nSPS) is 17.0. The molecule has 0 aromatic heterocycles. The van der Waals surface area contributed by atoms with Crippen LogP contribution in [-0.4, -0.2) is 29.8 Å². The maximum Gasteiger partial charge on any atom is 0.300 e. The van der Waals surface area contributed by atoms with E-state index >= 15 is 0 Å². The van der Waals surface area contributed by atoms with E-state index < -0.39 is 29.3 Å². The van der Waals surface area contributed by atoms with Crippen LogP contribution in [0, 0.1) is 5.82 Å². The van der Waals surface area contributed by atoms with Crippen molar-refractivity contribution in [1.29, 1.82) is 0 Å². The number of aliphatic hydroxyl groups is 1. The highest BCUT2D eigenvalue weighted by molar-refractivity contribution is 6.51. The van der Waals surface area contributed by atoms with Crippen LogP contribution >= 0.6 is 0 Å². The highest BCUT2D eigenvalue weighted by atomic mass is 19.1. The average Bonchev–Trinajstić information content (AvgIpc) is 3.13. The first-order valence-electron chi connectivity index (χ1n) is 12.1. The van der Waals surface area contributed by atoms with Crippen molar-refractivity contribution in [3.05, 3.63) is 94.8 Å². The third-order valence-electron chi connectivity index (χ3n) is 6.40. The van der Waals surface area contributed by atoms with Crippen molar-refractivity contribution in [2.24, 2.45) is 0 Å². The lowest BCUT2D eigenvalue weighted by atomic mass is 9.85. The summed E-state index contributed by atoms with van der Waals surface area (Å²) in [6.07, 6.45) is 0. The van der Waals surface area contributed by atoms with Gasteiger partial charge in [0, 0.05) is 18.3 Å². The van der Waals surface area contributed by atoms with Crippen LogP contribution in [0.15, 0.2) is 72.3 Å². The molecule has 2 N–H and O–H groups in total. The molecule has 8 heteroatoms. The quantitative estimate of drug-likeness (QED) is 0.257. The first kappa shape index (κ1) is 26.6. The van der Waals surface area contributed by atoms with Gasteiger partial charge in [0.25, 0.3) is 11.7 Å². The van der Waals surface area contributed by atoms with Crippen molar-refractivity contribution >= 4 is 34.7 Å². The van der Waals surface area contributed by atoms with Crippen LogP contribution in [0.2, 0.25) is 0 Å². The number of nitrogens with one attached hydrogen (secondary N) is 1. The van der Waals surface area contributed by atoms with E-state index in [2.05, 4.69) is 26.1 Å². The Balaban J connectivity index is 1.96. The van der Waals surface area contributed by atoms with Crippen molar-refractivity contribution in [3.63, 3.8) is 0 Å². The molecule has 3 aromatic rings. The van der Waals surface area contributed by atoms with Gasteiger partial charge >= 0.3 is 0 Å². The largest absolute Gasteiger partial charge is 0.507 e. The first-order valence-corrected chi connectivity index (χ1v) is 12.1. The van der Waals surface area contributed by atoms with E-state index in [1.54, 1.807) is 36.4 Å². The molecule has 0 bridgehead atoms. The summed E-state index contributed by atoms with van der Waals surface area (Å²) in [6, 6.07) is 16.5. The van der Waals surface area contributed by atoms with Gasteiger partial charge in [-0.1, -0.05) is 51.1 Å². The molecule has 0 saturated carbocycles. The maximum absolute atomic E-state index is 14.2. The Morgan fingerprint density at radius 3 is 2.32 bits per heavy atom. The zero-order chi connectivity index (χ0) is 27.8. The Morgan fingerprint density at radius 1 is 1.03 bits per heavy atom. The number of amides is 2. The predicted molar refractivity (Wildman–Crippen MR) is 144 cm³/mol. The van der Waals surface area contributed by atoms with Gasteiger partial charge in [0.05, 0.1) is 24.3 Å². The maximum atomic E-state index is 14.2. The highest BCUT2D eigenvalue weighted by Gasteiger charge is 2.47. The number of nitrogens with zero attached hydrogens (tertiary/aromatic N) is 1. The van der Waals surface area contributed by atoms with Crippen molar-refractivity contribution in [3.8, 4) is 5.75 Å². The number of Topliss-reactive ketones (excluding diaryl/α,β-unsaturated/α-hetero) is 1. The minimum atomic E-state index is -1.02. The minimum Gasteiger partial charge on any atom is -0.507 e. The molecule has 196 valence electrons. The Bertz CT molecular complexity index is 1450. The number of hydrogen-bond donors (Lipinski definition) is 2. The SMILES string of the molecule is COc1ccc(F)cc1/C(O)=C1\C(=O)C(=O)N(c2cccc(NC(C)=O)c2)C1c1ccc(C(C)(C)C)cc1. The fourth-order valence-electron chi connectivity index (χ4n) is 4.53. The zero-order valence-corrected chi connectivity index (χ0v) is 21.8. The lowest BCUT2D eigenvalue weighted by Crippen LogP contribution is -2.29. The number of benzene rings is 3. The molecule has 1 saturated heterocycles. The van der Waals surface area contributed by atoms with Gasteiger partial charge in [-0.15, -0.1) is 0 Å². The van der Waals surface area contributed by atoms with E-state index in [0.717, 1.165) is 11.6 Å². The van der Waals surface area contributed by atoms with Crippen molar-refractivity contribution < 1.29 is 28.6 Å². The molecule has 1 fully saturated rings. The van der Waals surface area contributed by atoms with Gasteiger partial charge in [0.2, 0.25) is 5.91 Å². The number of ether oxygens (including phenoxy) is 1. The molecule has 1 unspecified atom stereocenters. The first-order chi connectivity index (χ1) is 17.9. The Kier molecular flexibility index (Phi) is 7.09. The minimum absolute atomic E-state index is 0.0474. The lowest BCUT2D eigenvalue weighted by Gasteiger charge is -2.27. The second-order valence-electron chi connectivity index (χ2n) is 10.1. The number of carbonyl (C=O) groups is 3. The van der Waals surface area contributed by atoms with E-state index in [0.29, 0.717) is 16.9 Å². The fourth-order valence-corrected chi connectivity index (χ4v) is 4.53. The van der Waals surface area contributed by atoms with Crippen LogP contribution in [0.1, 0.15) is 50.4 Å². The molecule has 3 aromatic carbocycles. The summed E-state index contributed by atoms with van der Waals surface area (Å²) >= 11 is 0. The van der Waals surface area contributed by atoms with Crippen molar-refractivity contribution in [2.45, 2.75) is 39.2 Å². The second-order valence-corrected chi connectivity index (χ2v) is 10.1. The molecule has 1 heterocycles. The summed E-state index contributed by atoms with van der Waals surface area (Å²) < 4.78 is 19.5. The number of halogens is 1. The summed E-state index contributed by atoms with van der Waals surface area (Å²) in [5.41, 5.74) is 2.00. The van der Waals surface area contributed by atoms with Gasteiger partial charge in [-0.05, 0) is 52.9 Å². The van der Waals surface area contributed by atoms with Crippen LogP contribution in [-0.2, 0) is 19.8 Å². The molecule has 1 atom stereocenters. The van der Waals surface area contributed by atoms with Crippen LogP contribution in [0.5, 0.6) is 5.75 Å². The molecule has 7 nitrogen and oxygen atoms in total.